The van der Waals surface area contributed by atoms with Crippen LogP contribution in [0.4, 0.5) is 0 Å². The molecule has 21 heavy (non-hydrogen) atoms. The highest BCUT2D eigenvalue weighted by molar-refractivity contribution is 7.88. The van der Waals surface area contributed by atoms with Crippen molar-refractivity contribution in [3.05, 3.63) is 0 Å². The van der Waals surface area contributed by atoms with E-state index < -0.39 is 40.0 Å². The zero-order chi connectivity index (χ0) is 17.0. The van der Waals surface area contributed by atoms with Crippen LogP contribution < -0.4 is 4.72 Å². The molecule has 0 bridgehead atoms. The summed E-state index contributed by atoms with van der Waals surface area (Å²) in [6.07, 6.45) is 1.28. The van der Waals surface area contributed by atoms with Crippen molar-refractivity contribution in [2.75, 3.05) is 12.8 Å². The Balaban J connectivity index is 5.42. The van der Waals surface area contributed by atoms with Crippen LogP contribution in [0.1, 0.15) is 41.0 Å². The maximum Gasteiger partial charge on any atom is 0.323 e. The molecule has 0 aromatic heterocycles. The second kappa shape index (κ2) is 7.22. The van der Waals surface area contributed by atoms with Crippen molar-refractivity contribution in [2.45, 2.75) is 52.6 Å². The van der Waals surface area contributed by atoms with E-state index in [1.165, 1.54) is 4.90 Å². The number of amides is 1. The Morgan fingerprint density at radius 1 is 1.24 bits per heavy atom. The van der Waals surface area contributed by atoms with Gasteiger partial charge in [0.25, 0.3) is 0 Å². The van der Waals surface area contributed by atoms with Crippen molar-refractivity contribution < 1.29 is 23.1 Å². The third-order valence-corrected chi connectivity index (χ3v) is 3.44. The van der Waals surface area contributed by atoms with Gasteiger partial charge in [0.1, 0.15) is 12.6 Å². The van der Waals surface area contributed by atoms with Gasteiger partial charge in [-0.05, 0) is 33.1 Å². The molecule has 0 heterocycles. The van der Waals surface area contributed by atoms with Crippen LogP contribution >= 0.6 is 0 Å². The monoisotopic (exact) mass is 322 g/mol. The van der Waals surface area contributed by atoms with E-state index >= 15 is 0 Å². The summed E-state index contributed by atoms with van der Waals surface area (Å²) in [5.74, 6) is -1.58. The summed E-state index contributed by atoms with van der Waals surface area (Å²) in [4.78, 5) is 24.7. The summed E-state index contributed by atoms with van der Waals surface area (Å²) in [6, 6.07) is -0.960. The molecular weight excluding hydrogens is 296 g/mol. The fraction of sp³-hybridized carbons (Fsp3) is 0.846. The smallest absolute Gasteiger partial charge is 0.323 e. The van der Waals surface area contributed by atoms with Crippen LogP contribution in [0.5, 0.6) is 0 Å². The lowest BCUT2D eigenvalue weighted by Crippen LogP contribution is -2.56. The third-order valence-electron chi connectivity index (χ3n) is 2.73. The summed E-state index contributed by atoms with van der Waals surface area (Å²) >= 11 is 0. The van der Waals surface area contributed by atoms with Crippen molar-refractivity contribution >= 4 is 21.9 Å². The molecule has 0 rings (SSSR count). The zero-order valence-electron chi connectivity index (χ0n) is 13.5. The standard InChI is InChI=1S/C13H26N2O5S/c1-9(2)7-10(14-21(6,19)20)12(18)15(8-11(16)17)13(3,4)5/h9-10,14H,7-8H2,1-6H3,(H,16,17). The fourth-order valence-electron chi connectivity index (χ4n) is 1.90. The van der Waals surface area contributed by atoms with Gasteiger partial charge in [0, 0.05) is 5.54 Å². The second-order valence-electron chi connectivity index (χ2n) is 6.56. The molecule has 0 spiro atoms. The Morgan fingerprint density at radius 2 is 1.71 bits per heavy atom. The quantitative estimate of drug-likeness (QED) is 0.716. The average molecular weight is 322 g/mol. The van der Waals surface area contributed by atoms with E-state index in [1.54, 1.807) is 20.8 Å². The minimum atomic E-state index is -3.57. The van der Waals surface area contributed by atoms with E-state index in [9.17, 15) is 18.0 Å². The third kappa shape index (κ3) is 8.01. The van der Waals surface area contributed by atoms with Crippen LogP contribution in [0.15, 0.2) is 0 Å². The summed E-state index contributed by atoms with van der Waals surface area (Å²) in [5.41, 5.74) is -0.718. The molecule has 0 aromatic rings. The molecule has 8 heteroatoms. The molecular formula is C13H26N2O5S. The van der Waals surface area contributed by atoms with Gasteiger partial charge in [-0.2, -0.15) is 0 Å². The summed E-state index contributed by atoms with van der Waals surface area (Å²) in [7, 11) is -3.57. The molecule has 2 N–H and O–H groups in total. The summed E-state index contributed by atoms with van der Waals surface area (Å²) in [5, 5.41) is 8.96. The molecule has 0 radical (unpaired) electrons. The van der Waals surface area contributed by atoms with Crippen molar-refractivity contribution in [3.63, 3.8) is 0 Å². The number of sulfonamides is 1. The molecule has 0 fully saturated rings. The van der Waals surface area contributed by atoms with E-state index in [0.29, 0.717) is 6.42 Å². The molecule has 0 saturated heterocycles. The number of nitrogens with zero attached hydrogens (tertiary/aromatic N) is 1. The fourth-order valence-corrected chi connectivity index (χ4v) is 2.61. The van der Waals surface area contributed by atoms with E-state index in [1.807, 2.05) is 13.8 Å². The average Bonchev–Trinajstić information content (AvgIpc) is 2.19. The van der Waals surface area contributed by atoms with Crippen molar-refractivity contribution in [1.82, 2.24) is 9.62 Å². The van der Waals surface area contributed by atoms with Crippen LogP contribution in [0.3, 0.4) is 0 Å². The van der Waals surface area contributed by atoms with E-state index in [4.69, 9.17) is 5.11 Å². The van der Waals surface area contributed by atoms with Crippen LogP contribution in [-0.2, 0) is 19.6 Å². The maximum atomic E-state index is 12.6. The Bertz CT molecular complexity index is 479. The Morgan fingerprint density at radius 3 is 2.00 bits per heavy atom. The number of carboxylic acids is 1. The lowest BCUT2D eigenvalue weighted by molar-refractivity contribution is -0.149. The van der Waals surface area contributed by atoms with Gasteiger partial charge in [0.2, 0.25) is 15.9 Å². The number of hydrogen-bond acceptors (Lipinski definition) is 4. The number of aliphatic carboxylic acids is 1. The molecule has 1 unspecified atom stereocenters. The molecule has 7 nitrogen and oxygen atoms in total. The number of rotatable bonds is 7. The van der Waals surface area contributed by atoms with E-state index in [2.05, 4.69) is 4.72 Å². The van der Waals surface area contributed by atoms with Crippen molar-refractivity contribution in [1.29, 1.82) is 0 Å². The first-order chi connectivity index (χ1) is 9.24. The molecule has 0 saturated carbocycles. The van der Waals surface area contributed by atoms with Gasteiger partial charge in [-0.15, -0.1) is 0 Å². The zero-order valence-corrected chi connectivity index (χ0v) is 14.3. The highest BCUT2D eigenvalue weighted by Crippen LogP contribution is 2.17. The Labute approximate surface area is 126 Å². The molecule has 124 valence electrons. The minimum absolute atomic E-state index is 0.0832. The molecule has 0 aromatic carbocycles. The van der Waals surface area contributed by atoms with Gasteiger partial charge in [-0.3, -0.25) is 9.59 Å². The lowest BCUT2D eigenvalue weighted by atomic mass is 9.99. The number of carboxylic acid groups (broad SMARTS) is 1. The predicted molar refractivity (Wildman–Crippen MR) is 80.3 cm³/mol. The number of carbonyl (C=O) groups excluding carboxylic acids is 1. The van der Waals surface area contributed by atoms with Crippen molar-refractivity contribution in [2.24, 2.45) is 5.92 Å². The first kappa shape index (κ1) is 19.9. The number of hydrogen-bond donors (Lipinski definition) is 2. The predicted octanol–water partition coefficient (Wildman–Crippen LogP) is 0.662. The Hall–Kier alpha value is -1.15. The van der Waals surface area contributed by atoms with Crippen molar-refractivity contribution in [3.8, 4) is 0 Å². The summed E-state index contributed by atoms with van der Waals surface area (Å²) in [6.45, 7) is 8.39. The highest BCUT2D eigenvalue weighted by Gasteiger charge is 2.34. The van der Waals surface area contributed by atoms with E-state index in [0.717, 1.165) is 6.26 Å². The van der Waals surface area contributed by atoms with Gasteiger partial charge in [-0.1, -0.05) is 13.8 Å². The minimum Gasteiger partial charge on any atom is -0.480 e. The molecule has 0 aliphatic rings. The Kier molecular flexibility index (Phi) is 6.82. The molecule has 0 aliphatic heterocycles. The number of nitrogens with one attached hydrogen (secondary N) is 1. The largest absolute Gasteiger partial charge is 0.480 e. The first-order valence-corrected chi connectivity index (χ1v) is 8.63. The van der Waals surface area contributed by atoms with E-state index in [-0.39, 0.29) is 5.92 Å². The SMILES string of the molecule is CC(C)CC(NS(C)(=O)=O)C(=O)N(CC(=O)O)C(C)(C)C. The van der Waals surface area contributed by atoms with Gasteiger partial charge >= 0.3 is 5.97 Å². The van der Waals surface area contributed by atoms with Crippen LogP contribution in [0, 0.1) is 5.92 Å². The van der Waals surface area contributed by atoms with Crippen LogP contribution in [-0.4, -0.2) is 54.7 Å². The van der Waals surface area contributed by atoms with Crippen LogP contribution in [0.25, 0.3) is 0 Å². The topological polar surface area (TPSA) is 104 Å². The molecule has 1 atom stereocenters. The summed E-state index contributed by atoms with van der Waals surface area (Å²) < 4.78 is 25.1. The number of carbonyl (C=O) groups is 2. The van der Waals surface area contributed by atoms with Crippen LogP contribution in [0.2, 0.25) is 0 Å². The highest BCUT2D eigenvalue weighted by atomic mass is 32.2. The maximum absolute atomic E-state index is 12.6. The normalized spacial score (nSPS) is 14.0. The van der Waals surface area contributed by atoms with Gasteiger partial charge < -0.3 is 10.0 Å². The first-order valence-electron chi connectivity index (χ1n) is 6.74. The molecule has 0 aliphatic carbocycles. The van der Waals surface area contributed by atoms with Gasteiger partial charge in [-0.25, -0.2) is 13.1 Å². The van der Waals surface area contributed by atoms with Gasteiger partial charge in [0.15, 0.2) is 0 Å². The lowest BCUT2D eigenvalue weighted by Gasteiger charge is -2.37. The molecule has 1 amide bonds. The second-order valence-corrected chi connectivity index (χ2v) is 8.34. The van der Waals surface area contributed by atoms with Gasteiger partial charge in [0.05, 0.1) is 6.26 Å².